The van der Waals surface area contributed by atoms with Crippen molar-refractivity contribution in [1.29, 1.82) is 0 Å². The highest BCUT2D eigenvalue weighted by Gasteiger charge is 2.58. The molecule has 332 valence electrons. The molecule has 1 unspecified atom stereocenters. The maximum absolute atomic E-state index is 15.1. The molecule has 1 rings (SSSR count). The number of hydrogen-bond acceptors (Lipinski definition) is 12. The molecular weight excluding hydrogens is 756 g/mol. The molecule has 19 heteroatoms. The van der Waals surface area contributed by atoms with Gasteiger partial charge in [-0.3, -0.25) is 33.6 Å². The minimum Gasteiger partial charge on any atom is -0.467 e. The van der Waals surface area contributed by atoms with Crippen molar-refractivity contribution >= 4 is 47.3 Å². The van der Waals surface area contributed by atoms with Crippen LogP contribution >= 0.6 is 0 Å². The summed E-state index contributed by atoms with van der Waals surface area (Å²) in [6, 6.07) is -6.40. The van der Waals surface area contributed by atoms with Crippen LogP contribution in [-0.4, -0.2) is 131 Å². The molecule has 7 atom stereocenters. The Morgan fingerprint density at radius 3 is 1.98 bits per heavy atom. The number of aliphatic hydroxyl groups excluding tert-OH is 1. The Morgan fingerprint density at radius 1 is 0.879 bits per heavy atom. The van der Waals surface area contributed by atoms with Crippen LogP contribution in [0.4, 0.5) is 0 Å². The van der Waals surface area contributed by atoms with Crippen LogP contribution in [0.1, 0.15) is 120 Å². The second kappa shape index (κ2) is 24.5. The average molecular weight is 827 g/mol. The number of ether oxygens (including phenoxy) is 1. The highest BCUT2D eigenvalue weighted by atomic mass is 16.5. The molecule has 0 radical (unpaired) electrons. The lowest BCUT2D eigenvalue weighted by Gasteiger charge is -2.48. The summed E-state index contributed by atoms with van der Waals surface area (Å²) in [6.07, 6.45) is 3.27. The van der Waals surface area contributed by atoms with Gasteiger partial charge in [-0.2, -0.15) is 0 Å². The van der Waals surface area contributed by atoms with Gasteiger partial charge in [0.1, 0.15) is 24.2 Å². The molecule has 0 aromatic rings. The number of rotatable bonds is 26. The molecule has 1 saturated heterocycles. The molecule has 0 aliphatic carbocycles. The predicted octanol–water partition coefficient (Wildman–Crippen LogP) is -0.787. The van der Waals surface area contributed by atoms with E-state index in [4.69, 9.17) is 10.5 Å². The van der Waals surface area contributed by atoms with Gasteiger partial charge >= 0.3 is 5.97 Å². The fraction of sp³-hybridized carbons (Fsp3) is 0.795. The fourth-order valence-corrected chi connectivity index (χ4v) is 7.06. The molecule has 0 spiro atoms. The second-order valence-corrected chi connectivity index (χ2v) is 16.0. The van der Waals surface area contributed by atoms with Gasteiger partial charge in [-0.05, 0) is 57.4 Å². The lowest BCUT2D eigenvalue weighted by Crippen LogP contribution is -2.78. The van der Waals surface area contributed by atoms with Crippen molar-refractivity contribution in [2.75, 3.05) is 26.8 Å². The van der Waals surface area contributed by atoms with Gasteiger partial charge in [0, 0.05) is 13.5 Å². The van der Waals surface area contributed by atoms with Gasteiger partial charge in [-0.25, -0.2) is 4.79 Å². The number of carbonyl (C=O) groups is 8. The zero-order valence-electron chi connectivity index (χ0n) is 35.8. The molecule has 58 heavy (non-hydrogen) atoms. The molecule has 0 aromatic carbocycles. The molecule has 0 aromatic heterocycles. The topological polar surface area (TPSA) is 288 Å². The highest BCUT2D eigenvalue weighted by Crippen LogP contribution is 2.31. The van der Waals surface area contributed by atoms with Crippen molar-refractivity contribution in [3.63, 3.8) is 0 Å². The maximum Gasteiger partial charge on any atom is 0.328 e. The van der Waals surface area contributed by atoms with E-state index in [2.05, 4.69) is 31.9 Å². The van der Waals surface area contributed by atoms with E-state index in [-0.39, 0.29) is 31.7 Å². The Balaban J connectivity index is 3.84. The van der Waals surface area contributed by atoms with E-state index in [1.54, 1.807) is 34.6 Å². The third kappa shape index (κ3) is 15.1. The molecule has 1 fully saturated rings. The summed E-state index contributed by atoms with van der Waals surface area (Å²) in [6.45, 7) is 12.9. The predicted molar refractivity (Wildman–Crippen MR) is 214 cm³/mol. The van der Waals surface area contributed by atoms with E-state index >= 15 is 4.79 Å². The smallest absolute Gasteiger partial charge is 0.328 e. The Hall–Kier alpha value is -4.36. The van der Waals surface area contributed by atoms with E-state index in [0.717, 1.165) is 19.8 Å². The molecule has 7 amide bonds. The number of carbonyl (C=O) groups excluding carboxylic acids is 8. The first-order valence-corrected chi connectivity index (χ1v) is 20.4. The molecular formula is C39H70N8O11. The third-order valence-electron chi connectivity index (χ3n) is 10.1. The summed E-state index contributed by atoms with van der Waals surface area (Å²) < 4.78 is 5.09. The normalized spacial score (nSPS) is 18.1. The molecule has 1 heterocycles. The average Bonchev–Trinajstić information content (AvgIpc) is 3.69. The lowest BCUT2D eigenvalue weighted by molar-refractivity contribution is -0.179. The summed E-state index contributed by atoms with van der Waals surface area (Å²) >= 11 is 0. The van der Waals surface area contributed by atoms with Crippen LogP contribution in [0.15, 0.2) is 0 Å². The number of esters is 1. The van der Waals surface area contributed by atoms with Gasteiger partial charge in [0.15, 0.2) is 0 Å². The number of unbranched alkanes of at least 4 members (excludes halogenated alkanes) is 3. The molecule has 0 saturated carbocycles. The zero-order valence-corrected chi connectivity index (χ0v) is 35.8. The number of amides is 7. The zero-order chi connectivity index (χ0) is 44.4. The largest absolute Gasteiger partial charge is 0.467 e. The van der Waals surface area contributed by atoms with Gasteiger partial charge in [-0.1, -0.05) is 67.2 Å². The van der Waals surface area contributed by atoms with E-state index in [1.807, 2.05) is 6.92 Å². The summed E-state index contributed by atoms with van der Waals surface area (Å²) in [7, 11) is 1.18. The molecule has 0 bridgehead atoms. The van der Waals surface area contributed by atoms with Gasteiger partial charge in [0.05, 0.1) is 31.7 Å². The quantitative estimate of drug-likeness (QED) is 0.0295. The highest BCUT2D eigenvalue weighted by molar-refractivity contribution is 5.98. The number of nitrogens with one attached hydrogen (secondary N) is 6. The Labute approximate surface area is 342 Å². The van der Waals surface area contributed by atoms with Gasteiger partial charge in [0.2, 0.25) is 41.2 Å². The summed E-state index contributed by atoms with van der Waals surface area (Å²) in [5.41, 5.74) is 0.560. The van der Waals surface area contributed by atoms with Crippen LogP contribution in [0.2, 0.25) is 0 Å². The van der Waals surface area contributed by atoms with Gasteiger partial charge in [-0.15, -0.1) is 0 Å². The van der Waals surface area contributed by atoms with Crippen molar-refractivity contribution in [1.82, 2.24) is 36.8 Å². The van der Waals surface area contributed by atoms with Crippen molar-refractivity contribution in [3.05, 3.63) is 0 Å². The van der Waals surface area contributed by atoms with Crippen LogP contribution < -0.4 is 37.6 Å². The first kappa shape index (κ1) is 51.7. The van der Waals surface area contributed by atoms with Crippen LogP contribution in [0.25, 0.3) is 0 Å². The van der Waals surface area contributed by atoms with Gasteiger partial charge < -0.3 is 57.5 Å². The van der Waals surface area contributed by atoms with Crippen LogP contribution in [0, 0.1) is 11.8 Å². The second-order valence-electron chi connectivity index (χ2n) is 16.0. The SMILES string of the molecule is CCCCCCN(C(=O)C(O)(NC(=O)[C@@H]1CCCN1)[C@](C)(CCC)NC(=O)[C@H](CC(N)=O)NC(=O)[C@H](CC(C)C)NC(=O)[C@H](CO)NC(C)=O)[C@H](C(=O)OC)C(C)C. The number of primary amides is 1. The standard InChI is InChI=1S/C39H70N8O11/c1-10-12-13-14-19-47(31(24(5)6)36(55)58-9)37(56)39(57,46-34(53)26-16-15-18-41-26)38(8,17-11-2)45-35(54)28(21-30(40)50)44-32(51)27(20-23(3)4)43-33(52)29(22-48)42-25(7)49/h23-24,26-29,31,41,48,57H,10-22H2,1-9H3,(H2,40,50)(H,42,49)(H,43,52)(H,44,51)(H,45,54)(H,46,53)/t26-,27-,28-,29-,31-,38-,39?/m0/s1. The first-order valence-electron chi connectivity index (χ1n) is 20.4. The molecule has 19 nitrogen and oxygen atoms in total. The lowest BCUT2D eigenvalue weighted by atomic mass is 9.81. The number of aliphatic hydroxyl groups is 2. The third-order valence-corrected chi connectivity index (χ3v) is 10.1. The molecule has 10 N–H and O–H groups in total. The fourth-order valence-electron chi connectivity index (χ4n) is 7.06. The molecule has 1 aliphatic heterocycles. The number of methoxy groups -OCH3 is 1. The first-order chi connectivity index (χ1) is 27.1. The van der Waals surface area contributed by atoms with Crippen molar-refractivity contribution in [2.45, 2.75) is 161 Å². The van der Waals surface area contributed by atoms with E-state index in [0.29, 0.717) is 32.2 Å². The van der Waals surface area contributed by atoms with E-state index in [1.165, 1.54) is 18.9 Å². The Bertz CT molecular complexity index is 1420. The Kier molecular flexibility index (Phi) is 21.9. The van der Waals surface area contributed by atoms with E-state index in [9.17, 15) is 43.8 Å². The summed E-state index contributed by atoms with van der Waals surface area (Å²) in [5.74, 6) is -7.73. The molecule has 1 aliphatic rings. The summed E-state index contributed by atoms with van der Waals surface area (Å²) in [4.78, 5) is 108. The number of nitrogens with two attached hydrogens (primary N) is 1. The Morgan fingerprint density at radius 2 is 1.50 bits per heavy atom. The minimum absolute atomic E-state index is 0.00478. The maximum atomic E-state index is 15.1. The van der Waals surface area contributed by atoms with Crippen molar-refractivity contribution in [2.24, 2.45) is 17.6 Å². The van der Waals surface area contributed by atoms with Crippen molar-refractivity contribution in [3.8, 4) is 0 Å². The number of hydrogen-bond donors (Lipinski definition) is 9. The van der Waals surface area contributed by atoms with Crippen LogP contribution in [0.3, 0.4) is 0 Å². The monoisotopic (exact) mass is 827 g/mol. The van der Waals surface area contributed by atoms with Crippen LogP contribution in [-0.2, 0) is 43.1 Å². The van der Waals surface area contributed by atoms with Crippen molar-refractivity contribution < 1.29 is 53.3 Å². The van der Waals surface area contributed by atoms with Gasteiger partial charge in [0.25, 0.3) is 5.91 Å². The summed E-state index contributed by atoms with van der Waals surface area (Å²) in [5, 5.41) is 38.0. The van der Waals surface area contributed by atoms with E-state index < -0.39 is 108 Å². The van der Waals surface area contributed by atoms with Crippen LogP contribution in [0.5, 0.6) is 0 Å². The minimum atomic E-state index is -2.91. The number of nitrogens with zero attached hydrogens (tertiary/aromatic N) is 1.